The predicted octanol–water partition coefficient (Wildman–Crippen LogP) is 13.0. The minimum Gasteiger partial charge on any atom is -0.457 e. The van der Waals surface area contributed by atoms with Crippen LogP contribution in [0.25, 0.3) is 0 Å². The fourth-order valence-corrected chi connectivity index (χ4v) is 10.4. The van der Waals surface area contributed by atoms with Gasteiger partial charge in [0.2, 0.25) is 0 Å². The third-order valence-corrected chi connectivity index (χ3v) is 15.6. The first-order valence-corrected chi connectivity index (χ1v) is 32.7. The fraction of sp³-hybridized carbons (Fsp3) is 0.864. The van der Waals surface area contributed by atoms with E-state index < -0.39 is 80.7 Å². The molecule has 14 nitrogen and oxygen atoms in total. The van der Waals surface area contributed by atoms with E-state index in [0.29, 0.717) is 13.0 Å². The number of ether oxygens (including phenoxy) is 6. The quantitative estimate of drug-likeness (QED) is 0.0172. The number of allylic oxidation sites excluding steroid dienone is 8. The summed E-state index contributed by atoms with van der Waals surface area (Å²) in [4.78, 5) is 13.1. The van der Waals surface area contributed by atoms with Gasteiger partial charge in [0, 0.05) is 13.0 Å². The van der Waals surface area contributed by atoms with Crippen LogP contribution in [0.15, 0.2) is 48.6 Å². The Balaban J connectivity index is 1.66. The van der Waals surface area contributed by atoms with Crippen LogP contribution in [0, 0.1) is 0 Å². The molecular formula is C66H120O14. The molecule has 0 radical (unpaired) electrons. The van der Waals surface area contributed by atoms with Crippen molar-refractivity contribution in [1.29, 1.82) is 0 Å². The highest BCUT2D eigenvalue weighted by molar-refractivity contribution is 5.69. The van der Waals surface area contributed by atoms with Gasteiger partial charge in [-0.15, -0.1) is 0 Å². The number of unbranched alkanes of at least 4 members (excludes halogenated alkanes) is 32. The summed E-state index contributed by atoms with van der Waals surface area (Å²) in [5.41, 5.74) is 0. The number of carbonyl (C=O) groups excluding carboxylic acids is 1. The van der Waals surface area contributed by atoms with E-state index in [1.807, 2.05) is 0 Å². The van der Waals surface area contributed by atoms with E-state index in [4.69, 9.17) is 28.4 Å². The lowest BCUT2D eigenvalue weighted by Gasteiger charge is -2.42. The molecule has 11 atom stereocenters. The summed E-state index contributed by atoms with van der Waals surface area (Å²) in [6.45, 7) is 3.62. The zero-order valence-corrected chi connectivity index (χ0v) is 50.6. The van der Waals surface area contributed by atoms with Crippen LogP contribution in [0.5, 0.6) is 0 Å². The molecule has 0 aliphatic carbocycles. The Morgan fingerprint density at radius 3 is 1.27 bits per heavy atom. The molecule has 14 heteroatoms. The van der Waals surface area contributed by atoms with Gasteiger partial charge in [-0.1, -0.05) is 255 Å². The van der Waals surface area contributed by atoms with Crippen molar-refractivity contribution in [3.8, 4) is 0 Å². The predicted molar refractivity (Wildman–Crippen MR) is 321 cm³/mol. The fourth-order valence-electron chi connectivity index (χ4n) is 10.4. The number of rotatable bonds is 54. The summed E-state index contributed by atoms with van der Waals surface area (Å²) < 4.78 is 34.5. The number of hydrogen-bond donors (Lipinski definition) is 7. The minimum atomic E-state index is -1.71. The Labute approximate surface area is 486 Å². The third-order valence-electron chi connectivity index (χ3n) is 15.6. The van der Waals surface area contributed by atoms with E-state index in [1.165, 1.54) is 167 Å². The van der Waals surface area contributed by atoms with Gasteiger partial charge in [0.15, 0.2) is 12.6 Å². The highest BCUT2D eigenvalue weighted by atomic mass is 16.7. The summed E-state index contributed by atoms with van der Waals surface area (Å²) in [6, 6.07) is 0. The number of aliphatic hydroxyl groups excluding tert-OH is 7. The molecule has 11 unspecified atom stereocenters. The van der Waals surface area contributed by atoms with Crippen molar-refractivity contribution in [3.05, 3.63) is 48.6 Å². The molecule has 0 aromatic rings. The van der Waals surface area contributed by atoms with Crippen molar-refractivity contribution in [2.45, 2.75) is 332 Å². The van der Waals surface area contributed by atoms with Gasteiger partial charge >= 0.3 is 5.97 Å². The lowest BCUT2D eigenvalue weighted by molar-refractivity contribution is -0.332. The Bertz CT molecular complexity index is 1510. The highest BCUT2D eigenvalue weighted by Crippen LogP contribution is 2.27. The molecule has 0 bridgehead atoms. The lowest BCUT2D eigenvalue weighted by Crippen LogP contribution is -2.61. The van der Waals surface area contributed by atoms with Gasteiger partial charge in [0.1, 0.15) is 54.9 Å². The maximum atomic E-state index is 13.1. The van der Waals surface area contributed by atoms with Crippen molar-refractivity contribution in [2.75, 3.05) is 33.0 Å². The average Bonchev–Trinajstić information content (AvgIpc) is 3.52. The SMILES string of the molecule is CC/C=C\C/C=C\C/C=C\C/C=C\CCCCCCCCCCCCCOCC(COC1OC(COC2OC(CO)C(O)C(O)C2O)C(O)C(O)C1O)OC(=O)CCCCCCCCCCCCCCCCCCCCCCCC. The second kappa shape index (κ2) is 52.5. The van der Waals surface area contributed by atoms with E-state index in [-0.39, 0.29) is 25.6 Å². The van der Waals surface area contributed by atoms with E-state index in [9.17, 15) is 40.5 Å². The molecule has 2 aliphatic rings. The van der Waals surface area contributed by atoms with Crippen LogP contribution in [0.1, 0.15) is 264 Å². The van der Waals surface area contributed by atoms with E-state index in [2.05, 4.69) is 62.5 Å². The largest absolute Gasteiger partial charge is 0.457 e. The monoisotopic (exact) mass is 1140 g/mol. The van der Waals surface area contributed by atoms with Crippen LogP contribution >= 0.6 is 0 Å². The second-order valence-electron chi connectivity index (χ2n) is 22.9. The Morgan fingerprint density at radius 1 is 0.425 bits per heavy atom. The third kappa shape index (κ3) is 38.0. The molecule has 2 heterocycles. The van der Waals surface area contributed by atoms with Crippen LogP contribution in [0.4, 0.5) is 0 Å². The molecule has 2 aliphatic heterocycles. The van der Waals surface area contributed by atoms with E-state index >= 15 is 0 Å². The van der Waals surface area contributed by atoms with Crippen molar-refractivity contribution in [3.63, 3.8) is 0 Å². The van der Waals surface area contributed by atoms with Gasteiger partial charge in [-0.05, 0) is 51.4 Å². The molecule has 0 aromatic carbocycles. The molecule has 0 amide bonds. The molecule has 2 rings (SSSR count). The molecular weight excluding hydrogens is 1020 g/mol. The zero-order valence-electron chi connectivity index (χ0n) is 50.6. The van der Waals surface area contributed by atoms with Gasteiger partial charge in [0.25, 0.3) is 0 Å². The molecule has 0 aromatic heterocycles. The van der Waals surface area contributed by atoms with Gasteiger partial charge in [-0.2, -0.15) is 0 Å². The average molecular weight is 1140 g/mol. The van der Waals surface area contributed by atoms with Gasteiger partial charge in [-0.3, -0.25) is 4.79 Å². The van der Waals surface area contributed by atoms with Crippen LogP contribution in [-0.4, -0.2) is 142 Å². The smallest absolute Gasteiger partial charge is 0.306 e. The molecule has 80 heavy (non-hydrogen) atoms. The first-order chi connectivity index (χ1) is 39.1. The first-order valence-electron chi connectivity index (χ1n) is 32.7. The number of carbonyl (C=O) groups is 1. The zero-order chi connectivity index (χ0) is 57.9. The van der Waals surface area contributed by atoms with Crippen LogP contribution in [-0.2, 0) is 33.2 Å². The number of esters is 1. The topological polar surface area (TPSA) is 214 Å². The summed E-state index contributed by atoms with van der Waals surface area (Å²) in [5.74, 6) is -0.372. The van der Waals surface area contributed by atoms with Gasteiger partial charge in [-0.25, -0.2) is 0 Å². The minimum absolute atomic E-state index is 0.0617. The molecule has 2 fully saturated rings. The summed E-state index contributed by atoms with van der Waals surface area (Å²) in [5, 5.41) is 72.5. The van der Waals surface area contributed by atoms with Crippen molar-refractivity contribution in [2.24, 2.45) is 0 Å². The van der Waals surface area contributed by atoms with E-state index in [0.717, 1.165) is 70.6 Å². The number of aliphatic hydroxyl groups is 7. The van der Waals surface area contributed by atoms with Crippen molar-refractivity contribution in [1.82, 2.24) is 0 Å². The molecule has 7 N–H and O–H groups in total. The van der Waals surface area contributed by atoms with Gasteiger partial charge in [0.05, 0.1) is 26.4 Å². The molecule has 0 spiro atoms. The van der Waals surface area contributed by atoms with Gasteiger partial charge < -0.3 is 64.2 Å². The molecule has 0 saturated carbocycles. The lowest BCUT2D eigenvalue weighted by atomic mass is 9.98. The van der Waals surface area contributed by atoms with Crippen LogP contribution in [0.3, 0.4) is 0 Å². The van der Waals surface area contributed by atoms with Crippen molar-refractivity contribution >= 4 is 5.97 Å². The summed E-state index contributed by atoms with van der Waals surface area (Å²) >= 11 is 0. The number of hydrogen-bond acceptors (Lipinski definition) is 14. The standard InChI is InChI=1S/C66H120O14/c1-3-5-7-9-11-13-15-17-19-21-23-25-27-28-30-32-34-36-38-40-42-44-46-48-50-75-52-55(53-76-65-64(74)62(72)60(70)57(80-65)54-77-66-63(73)61(71)59(69)56(51-67)79-66)78-58(68)49-47-45-43-41-39-37-35-33-31-29-26-24-22-20-18-16-14-12-10-8-6-4-2/h5,7,11,13,17,19,23,25,55-57,59-67,69-74H,3-4,6,8-10,12,14-16,18,20-22,24,26-54H2,1-2H3/b7-5-,13-11-,19-17-,25-23-. The maximum absolute atomic E-state index is 13.1. The van der Waals surface area contributed by atoms with E-state index in [1.54, 1.807) is 0 Å². The Morgan fingerprint density at radius 2 is 0.812 bits per heavy atom. The first kappa shape index (κ1) is 74.1. The highest BCUT2D eigenvalue weighted by Gasteiger charge is 2.47. The maximum Gasteiger partial charge on any atom is 0.306 e. The Kier molecular flexibility index (Phi) is 48.6. The molecule has 468 valence electrons. The van der Waals surface area contributed by atoms with Crippen LogP contribution < -0.4 is 0 Å². The van der Waals surface area contributed by atoms with Crippen LogP contribution in [0.2, 0.25) is 0 Å². The normalized spacial score (nSPS) is 24.1. The van der Waals surface area contributed by atoms with Crippen molar-refractivity contribution < 1.29 is 69.0 Å². The molecule has 2 saturated heterocycles. The second-order valence-corrected chi connectivity index (χ2v) is 22.9. The summed E-state index contributed by atoms with van der Waals surface area (Å²) in [6.07, 6.45) is 48.9. The summed E-state index contributed by atoms with van der Waals surface area (Å²) in [7, 11) is 0. The Hall–Kier alpha value is -2.05.